The molecule has 3 rings (SSSR count). The van der Waals surface area contributed by atoms with E-state index in [1.807, 2.05) is 0 Å². The largest absolute Gasteiger partial charge is 0.371 e. The molecule has 0 fully saturated rings. The fourth-order valence-electron chi connectivity index (χ4n) is 2.89. The van der Waals surface area contributed by atoms with Crippen molar-refractivity contribution in [1.82, 2.24) is 13.7 Å². The van der Waals surface area contributed by atoms with Crippen LogP contribution in [0.3, 0.4) is 0 Å². The maximum atomic E-state index is 12.8. The first kappa shape index (κ1) is 16.5. The lowest BCUT2D eigenvalue weighted by molar-refractivity contribution is 0.00398. The van der Waals surface area contributed by atoms with E-state index in [1.165, 1.54) is 11.6 Å². The van der Waals surface area contributed by atoms with Crippen molar-refractivity contribution in [2.24, 2.45) is 14.1 Å². The molecule has 3 aromatic rings. The second kappa shape index (κ2) is 5.36. The van der Waals surface area contributed by atoms with E-state index in [2.05, 4.69) is 0 Å². The summed E-state index contributed by atoms with van der Waals surface area (Å²) in [5.74, 6) is 0. The highest BCUT2D eigenvalue weighted by Crippen LogP contribution is 2.35. The van der Waals surface area contributed by atoms with Crippen molar-refractivity contribution >= 4 is 22.5 Å². The average molecular weight is 348 g/mol. The van der Waals surface area contributed by atoms with Crippen molar-refractivity contribution in [3.63, 3.8) is 0 Å². The molecule has 1 N–H and O–H groups in total. The van der Waals surface area contributed by atoms with Crippen LogP contribution in [0.5, 0.6) is 0 Å². The molecule has 0 aliphatic heterocycles. The third-order valence-electron chi connectivity index (χ3n) is 4.16. The lowest BCUT2D eigenvalue weighted by Crippen LogP contribution is -2.36. The number of hydrogen-bond donors (Lipinski definition) is 1. The van der Waals surface area contributed by atoms with Gasteiger partial charge in [0, 0.05) is 30.9 Å². The monoisotopic (exact) mass is 347 g/mol. The van der Waals surface area contributed by atoms with Crippen molar-refractivity contribution in [3.05, 3.63) is 56.3 Å². The van der Waals surface area contributed by atoms with Gasteiger partial charge in [0.2, 0.25) is 0 Å². The minimum absolute atomic E-state index is 0.342. The SMILES string of the molecule is Cn1c(=O)c2c(-c3ccccc3Cl)n(C(C)(C)O)cc2n(C)c1=O. The van der Waals surface area contributed by atoms with Crippen LogP contribution in [-0.4, -0.2) is 18.8 Å². The van der Waals surface area contributed by atoms with Crippen LogP contribution in [0, 0.1) is 0 Å². The van der Waals surface area contributed by atoms with Gasteiger partial charge in [-0.15, -0.1) is 0 Å². The predicted octanol–water partition coefficient (Wildman–Crippen LogP) is 2.04. The lowest BCUT2D eigenvalue weighted by Gasteiger charge is -2.23. The zero-order valence-electron chi connectivity index (χ0n) is 13.9. The third kappa shape index (κ3) is 2.30. The smallest absolute Gasteiger partial charge is 0.330 e. The van der Waals surface area contributed by atoms with E-state index in [-0.39, 0.29) is 0 Å². The second-order valence-electron chi connectivity index (χ2n) is 6.29. The highest BCUT2D eigenvalue weighted by Gasteiger charge is 2.26. The number of fused-ring (bicyclic) bond motifs is 1. The van der Waals surface area contributed by atoms with E-state index < -0.39 is 17.0 Å². The molecule has 7 heteroatoms. The van der Waals surface area contributed by atoms with Crippen LogP contribution >= 0.6 is 11.6 Å². The summed E-state index contributed by atoms with van der Waals surface area (Å²) >= 11 is 6.33. The predicted molar refractivity (Wildman–Crippen MR) is 94.4 cm³/mol. The minimum atomic E-state index is -1.28. The summed E-state index contributed by atoms with van der Waals surface area (Å²) in [5, 5.41) is 11.4. The number of aliphatic hydroxyl groups is 1. The van der Waals surface area contributed by atoms with Crippen LogP contribution in [0.2, 0.25) is 5.02 Å². The van der Waals surface area contributed by atoms with Crippen LogP contribution in [0.25, 0.3) is 22.2 Å². The number of halogens is 1. The fourth-order valence-corrected chi connectivity index (χ4v) is 3.12. The normalized spacial score (nSPS) is 12.1. The molecule has 0 atom stereocenters. The molecule has 0 radical (unpaired) electrons. The molecule has 0 bridgehead atoms. The summed E-state index contributed by atoms with van der Waals surface area (Å²) in [6.07, 6.45) is 1.61. The Balaban J connectivity index is 2.63. The molecule has 0 unspecified atom stereocenters. The van der Waals surface area contributed by atoms with E-state index in [9.17, 15) is 14.7 Å². The van der Waals surface area contributed by atoms with Gasteiger partial charge in [0.05, 0.1) is 16.6 Å². The number of benzene rings is 1. The molecule has 0 aliphatic carbocycles. The van der Waals surface area contributed by atoms with Gasteiger partial charge in [0.15, 0.2) is 0 Å². The van der Waals surface area contributed by atoms with Crippen molar-refractivity contribution < 1.29 is 5.11 Å². The highest BCUT2D eigenvalue weighted by molar-refractivity contribution is 6.33. The first-order chi connectivity index (χ1) is 11.1. The van der Waals surface area contributed by atoms with Crippen LogP contribution in [0.1, 0.15) is 13.8 Å². The standard InChI is InChI=1S/C17H18ClN3O3/c1-17(2,24)21-9-12-13(15(22)20(4)16(23)19(12)3)14(21)10-7-5-6-8-11(10)18/h5-9,24H,1-4H3. The Morgan fingerprint density at radius 2 is 1.71 bits per heavy atom. The first-order valence-corrected chi connectivity index (χ1v) is 7.81. The Hall–Kier alpha value is -2.31. The first-order valence-electron chi connectivity index (χ1n) is 7.43. The van der Waals surface area contributed by atoms with E-state index in [0.717, 1.165) is 4.57 Å². The minimum Gasteiger partial charge on any atom is -0.371 e. The van der Waals surface area contributed by atoms with Gasteiger partial charge < -0.3 is 9.67 Å². The lowest BCUT2D eigenvalue weighted by atomic mass is 10.1. The number of aromatic nitrogens is 3. The van der Waals surface area contributed by atoms with E-state index >= 15 is 0 Å². The molecular formula is C17H18ClN3O3. The number of aryl methyl sites for hydroxylation is 1. The Bertz CT molecular complexity index is 1070. The van der Waals surface area contributed by atoms with Gasteiger partial charge in [-0.1, -0.05) is 29.8 Å². The Labute approximate surface area is 143 Å². The number of nitrogens with zero attached hydrogens (tertiary/aromatic N) is 3. The highest BCUT2D eigenvalue weighted by atomic mass is 35.5. The molecule has 0 amide bonds. The second-order valence-corrected chi connectivity index (χ2v) is 6.70. The van der Waals surface area contributed by atoms with E-state index in [4.69, 9.17) is 11.6 Å². The molecule has 6 nitrogen and oxygen atoms in total. The van der Waals surface area contributed by atoms with Crippen molar-refractivity contribution in [1.29, 1.82) is 0 Å². The topological polar surface area (TPSA) is 69.2 Å². The summed E-state index contributed by atoms with van der Waals surface area (Å²) in [6.45, 7) is 3.21. The van der Waals surface area contributed by atoms with Gasteiger partial charge in [-0.25, -0.2) is 4.79 Å². The quantitative estimate of drug-likeness (QED) is 0.771. The molecule has 1 aromatic carbocycles. The van der Waals surface area contributed by atoms with E-state index in [0.29, 0.717) is 27.2 Å². The molecule has 0 spiro atoms. The summed E-state index contributed by atoms with van der Waals surface area (Å²) in [5.41, 5.74) is -0.585. The Morgan fingerprint density at radius 3 is 2.29 bits per heavy atom. The zero-order chi connectivity index (χ0) is 17.8. The summed E-state index contributed by atoms with van der Waals surface area (Å²) < 4.78 is 4.01. The van der Waals surface area contributed by atoms with Crippen molar-refractivity contribution in [3.8, 4) is 11.3 Å². The molecule has 2 heterocycles. The van der Waals surface area contributed by atoms with Gasteiger partial charge in [-0.2, -0.15) is 0 Å². The summed E-state index contributed by atoms with van der Waals surface area (Å²) in [7, 11) is 3.02. The molecule has 0 aliphatic rings. The number of rotatable bonds is 2. The summed E-state index contributed by atoms with van der Waals surface area (Å²) in [6, 6.07) is 7.10. The molecule has 126 valence electrons. The van der Waals surface area contributed by atoms with Crippen LogP contribution in [-0.2, 0) is 19.8 Å². The molecule has 24 heavy (non-hydrogen) atoms. The van der Waals surface area contributed by atoms with Crippen LogP contribution in [0.4, 0.5) is 0 Å². The molecule has 0 saturated carbocycles. The summed E-state index contributed by atoms with van der Waals surface area (Å²) in [4.78, 5) is 25.0. The van der Waals surface area contributed by atoms with Gasteiger partial charge in [-0.3, -0.25) is 13.9 Å². The third-order valence-corrected chi connectivity index (χ3v) is 4.49. The fraction of sp³-hybridized carbons (Fsp3) is 0.294. The van der Waals surface area contributed by atoms with Crippen molar-refractivity contribution in [2.75, 3.05) is 0 Å². The average Bonchev–Trinajstić information content (AvgIpc) is 2.92. The van der Waals surface area contributed by atoms with E-state index in [1.54, 1.807) is 55.9 Å². The van der Waals surface area contributed by atoms with Gasteiger partial charge in [0.25, 0.3) is 5.56 Å². The van der Waals surface area contributed by atoms with Crippen molar-refractivity contribution in [2.45, 2.75) is 19.6 Å². The van der Waals surface area contributed by atoms with Crippen LogP contribution in [0.15, 0.2) is 40.1 Å². The Morgan fingerprint density at radius 1 is 1.08 bits per heavy atom. The number of hydrogen-bond acceptors (Lipinski definition) is 3. The maximum absolute atomic E-state index is 12.8. The Kier molecular flexibility index (Phi) is 3.69. The maximum Gasteiger partial charge on any atom is 0.330 e. The van der Waals surface area contributed by atoms with Gasteiger partial charge in [-0.05, 0) is 19.9 Å². The van der Waals surface area contributed by atoms with Gasteiger partial charge in [0.1, 0.15) is 5.72 Å². The molecule has 2 aromatic heterocycles. The van der Waals surface area contributed by atoms with Crippen LogP contribution < -0.4 is 11.2 Å². The molecular weight excluding hydrogens is 330 g/mol. The molecule has 0 saturated heterocycles. The van der Waals surface area contributed by atoms with Gasteiger partial charge >= 0.3 is 5.69 Å². The zero-order valence-corrected chi connectivity index (χ0v) is 14.6.